The first-order chi connectivity index (χ1) is 13.6. The Morgan fingerprint density at radius 1 is 1.11 bits per heavy atom. The van der Waals surface area contributed by atoms with Crippen LogP contribution in [0.5, 0.6) is 0 Å². The Morgan fingerprint density at radius 2 is 1.79 bits per heavy atom. The van der Waals surface area contributed by atoms with Crippen LogP contribution in [0.4, 0.5) is 5.95 Å². The summed E-state index contributed by atoms with van der Waals surface area (Å²) in [6.07, 6.45) is 4.59. The largest absolute Gasteiger partial charge is 0.310 e. The van der Waals surface area contributed by atoms with Gasteiger partial charge in [0.15, 0.2) is 0 Å². The molecule has 1 aliphatic carbocycles. The summed E-state index contributed by atoms with van der Waals surface area (Å²) in [7, 11) is 0. The highest BCUT2D eigenvalue weighted by Gasteiger charge is 2.47. The van der Waals surface area contributed by atoms with Crippen molar-refractivity contribution >= 4 is 34.7 Å². The van der Waals surface area contributed by atoms with Crippen molar-refractivity contribution in [1.82, 2.24) is 14.5 Å². The summed E-state index contributed by atoms with van der Waals surface area (Å²) in [5.41, 5.74) is 1.81. The third-order valence-electron chi connectivity index (χ3n) is 5.85. The molecule has 2 aliphatic rings. The molecule has 28 heavy (non-hydrogen) atoms. The van der Waals surface area contributed by atoms with Crippen molar-refractivity contribution in [1.29, 1.82) is 0 Å². The van der Waals surface area contributed by atoms with Gasteiger partial charge in [-0.3, -0.25) is 24.6 Å². The standard InChI is InChI=1S/C21H26N4O3/c1-2-12-24-17-10-6-5-9-16(17)22-21(24)23-18(26)11-13-25-19(27)14-7-3-4-8-15(14)20(25)28/h5-6,9-10,14-15H,2-4,7-8,11-13H2,1H3,(H,22,23,26)/t14-,15-/m0/s1. The number of nitrogens with one attached hydrogen (secondary N) is 1. The van der Waals surface area contributed by atoms with Gasteiger partial charge in [0.1, 0.15) is 0 Å². The molecule has 4 rings (SSSR count). The maximum Gasteiger partial charge on any atom is 0.233 e. The highest BCUT2D eigenvalue weighted by molar-refractivity contribution is 6.05. The maximum absolute atomic E-state index is 12.5. The number of hydrogen-bond acceptors (Lipinski definition) is 4. The average Bonchev–Trinajstić information content (AvgIpc) is 3.16. The summed E-state index contributed by atoms with van der Waals surface area (Å²) >= 11 is 0. The van der Waals surface area contributed by atoms with Crippen LogP contribution in [0.3, 0.4) is 0 Å². The number of fused-ring (bicyclic) bond motifs is 2. The zero-order chi connectivity index (χ0) is 19.7. The lowest BCUT2D eigenvalue weighted by atomic mass is 9.81. The number of carbonyl (C=O) groups is 3. The minimum Gasteiger partial charge on any atom is -0.310 e. The van der Waals surface area contributed by atoms with Gasteiger partial charge in [-0.15, -0.1) is 0 Å². The smallest absolute Gasteiger partial charge is 0.233 e. The Kier molecular flexibility index (Phi) is 5.15. The molecule has 2 aromatic rings. The van der Waals surface area contributed by atoms with E-state index in [2.05, 4.69) is 17.2 Å². The highest BCUT2D eigenvalue weighted by atomic mass is 16.2. The molecule has 1 saturated heterocycles. The highest BCUT2D eigenvalue weighted by Crippen LogP contribution is 2.38. The van der Waals surface area contributed by atoms with Gasteiger partial charge in [-0.2, -0.15) is 0 Å². The van der Waals surface area contributed by atoms with Crippen molar-refractivity contribution < 1.29 is 14.4 Å². The van der Waals surface area contributed by atoms with Crippen molar-refractivity contribution in [3.05, 3.63) is 24.3 Å². The number of aryl methyl sites for hydroxylation is 1. The summed E-state index contributed by atoms with van der Waals surface area (Å²) in [6, 6.07) is 7.77. The Balaban J connectivity index is 1.42. The number of imidazole rings is 1. The normalized spacial score (nSPS) is 22.0. The second-order valence-electron chi connectivity index (χ2n) is 7.70. The van der Waals surface area contributed by atoms with Crippen molar-refractivity contribution in [2.45, 2.75) is 52.0 Å². The zero-order valence-electron chi connectivity index (χ0n) is 16.2. The number of nitrogens with zero attached hydrogens (tertiary/aromatic N) is 3. The molecule has 0 radical (unpaired) electrons. The first-order valence-corrected chi connectivity index (χ1v) is 10.2. The van der Waals surface area contributed by atoms with Gasteiger partial charge in [0, 0.05) is 19.5 Å². The molecule has 7 nitrogen and oxygen atoms in total. The molecule has 2 fully saturated rings. The van der Waals surface area contributed by atoms with E-state index < -0.39 is 0 Å². The van der Waals surface area contributed by atoms with Gasteiger partial charge in [-0.1, -0.05) is 31.9 Å². The fraction of sp³-hybridized carbons (Fsp3) is 0.524. The Labute approximate surface area is 164 Å². The molecule has 0 bridgehead atoms. The number of hydrogen-bond donors (Lipinski definition) is 1. The van der Waals surface area contributed by atoms with Crippen molar-refractivity contribution in [2.24, 2.45) is 11.8 Å². The molecular formula is C21H26N4O3. The molecule has 1 saturated carbocycles. The molecule has 2 atom stereocenters. The number of anilines is 1. The van der Waals surface area contributed by atoms with Crippen LogP contribution in [0.25, 0.3) is 11.0 Å². The Bertz CT molecular complexity index is 896. The lowest BCUT2D eigenvalue weighted by Crippen LogP contribution is -2.34. The van der Waals surface area contributed by atoms with E-state index in [-0.39, 0.29) is 42.5 Å². The van der Waals surface area contributed by atoms with Crippen LogP contribution in [0.1, 0.15) is 45.4 Å². The predicted molar refractivity (Wildman–Crippen MR) is 105 cm³/mol. The molecule has 2 heterocycles. The number of benzene rings is 1. The number of rotatable bonds is 6. The van der Waals surface area contributed by atoms with Crippen molar-refractivity contribution in [2.75, 3.05) is 11.9 Å². The zero-order valence-corrected chi connectivity index (χ0v) is 16.2. The molecule has 1 N–H and O–H groups in total. The molecule has 7 heteroatoms. The molecule has 1 aliphatic heterocycles. The van der Waals surface area contributed by atoms with E-state index in [4.69, 9.17) is 0 Å². The second-order valence-corrected chi connectivity index (χ2v) is 7.70. The van der Waals surface area contributed by atoms with E-state index in [1.165, 1.54) is 4.90 Å². The van der Waals surface area contributed by atoms with E-state index in [0.717, 1.165) is 49.7 Å². The predicted octanol–water partition coefficient (Wildman–Crippen LogP) is 2.95. The number of amides is 3. The van der Waals surface area contributed by atoms with Gasteiger partial charge in [0.2, 0.25) is 23.7 Å². The van der Waals surface area contributed by atoms with Crippen LogP contribution in [-0.2, 0) is 20.9 Å². The molecular weight excluding hydrogens is 356 g/mol. The van der Waals surface area contributed by atoms with E-state index in [1.807, 2.05) is 28.8 Å². The lowest BCUT2D eigenvalue weighted by molar-refractivity contribution is -0.140. The lowest BCUT2D eigenvalue weighted by Gasteiger charge is -2.19. The minimum atomic E-state index is -0.233. The van der Waals surface area contributed by atoms with Crippen molar-refractivity contribution in [3.8, 4) is 0 Å². The van der Waals surface area contributed by atoms with Gasteiger partial charge in [-0.05, 0) is 31.4 Å². The summed E-state index contributed by atoms with van der Waals surface area (Å²) in [5.74, 6) is -0.249. The molecule has 0 unspecified atom stereocenters. The number of para-hydroxylation sites is 2. The maximum atomic E-state index is 12.5. The van der Waals surface area contributed by atoms with Crippen LogP contribution in [0, 0.1) is 11.8 Å². The van der Waals surface area contributed by atoms with Gasteiger partial charge < -0.3 is 4.57 Å². The first-order valence-electron chi connectivity index (χ1n) is 10.2. The van der Waals surface area contributed by atoms with Crippen LogP contribution in [0.15, 0.2) is 24.3 Å². The number of imide groups is 1. The molecule has 1 aromatic heterocycles. The average molecular weight is 382 g/mol. The second kappa shape index (κ2) is 7.73. The van der Waals surface area contributed by atoms with E-state index in [1.54, 1.807) is 0 Å². The monoisotopic (exact) mass is 382 g/mol. The number of likely N-dealkylation sites (tertiary alicyclic amines) is 1. The van der Waals surface area contributed by atoms with Gasteiger partial charge in [-0.25, -0.2) is 4.98 Å². The van der Waals surface area contributed by atoms with E-state index >= 15 is 0 Å². The summed E-state index contributed by atoms with van der Waals surface area (Å²) in [6.45, 7) is 2.97. The first kappa shape index (κ1) is 18.7. The van der Waals surface area contributed by atoms with Crippen LogP contribution >= 0.6 is 0 Å². The Morgan fingerprint density at radius 3 is 2.46 bits per heavy atom. The quantitative estimate of drug-likeness (QED) is 0.779. The minimum absolute atomic E-state index is 0.0895. The van der Waals surface area contributed by atoms with Gasteiger partial charge >= 0.3 is 0 Å². The van der Waals surface area contributed by atoms with Gasteiger partial charge in [0.25, 0.3) is 0 Å². The third-order valence-corrected chi connectivity index (χ3v) is 5.85. The SMILES string of the molecule is CCCn1c(NC(=O)CCN2C(=O)[C@H]3CCCC[C@@H]3C2=O)nc2ccccc21. The number of aromatic nitrogens is 2. The van der Waals surface area contributed by atoms with Crippen LogP contribution in [-0.4, -0.2) is 38.7 Å². The number of carbonyl (C=O) groups excluding carboxylic acids is 3. The third kappa shape index (κ3) is 3.30. The molecule has 1 aromatic carbocycles. The molecule has 148 valence electrons. The summed E-state index contributed by atoms with van der Waals surface area (Å²) in [4.78, 5) is 43.4. The molecule has 0 spiro atoms. The van der Waals surface area contributed by atoms with E-state index in [9.17, 15) is 14.4 Å². The fourth-order valence-corrected chi connectivity index (χ4v) is 4.47. The molecule has 3 amide bonds. The summed E-state index contributed by atoms with van der Waals surface area (Å²) in [5, 5.41) is 2.86. The topological polar surface area (TPSA) is 84.3 Å². The summed E-state index contributed by atoms with van der Waals surface area (Å²) < 4.78 is 1.99. The fourth-order valence-electron chi connectivity index (χ4n) is 4.47. The van der Waals surface area contributed by atoms with Gasteiger partial charge in [0.05, 0.1) is 22.9 Å². The van der Waals surface area contributed by atoms with Crippen LogP contribution in [0.2, 0.25) is 0 Å². The van der Waals surface area contributed by atoms with Crippen molar-refractivity contribution in [3.63, 3.8) is 0 Å². The Hall–Kier alpha value is -2.70. The van der Waals surface area contributed by atoms with E-state index in [0.29, 0.717) is 5.95 Å². The van der Waals surface area contributed by atoms with Crippen LogP contribution < -0.4 is 5.32 Å².